The van der Waals surface area contributed by atoms with Crippen molar-refractivity contribution in [2.75, 3.05) is 26.9 Å². The summed E-state index contributed by atoms with van der Waals surface area (Å²) in [6.07, 6.45) is -0.706. The maximum atomic E-state index is 11.9. The Morgan fingerprint density at radius 1 is 1.19 bits per heavy atom. The lowest BCUT2D eigenvalue weighted by Gasteiger charge is -2.22. The fraction of sp³-hybridized carbons (Fsp3) is 0.579. The zero-order valence-electron chi connectivity index (χ0n) is 16.5. The monoisotopic (exact) mass is 383 g/mol. The molecule has 2 N–H and O–H groups in total. The molecular weight excluding hydrogens is 354 g/mol. The van der Waals surface area contributed by atoms with Crippen LogP contribution < -0.4 is 14.8 Å². The van der Waals surface area contributed by atoms with Gasteiger partial charge in [-0.25, -0.2) is 9.59 Å². The van der Waals surface area contributed by atoms with Gasteiger partial charge in [0.05, 0.1) is 13.7 Å². The van der Waals surface area contributed by atoms with Gasteiger partial charge in [-0.3, -0.25) is 0 Å². The standard InChI is InChI=1S/C19H29NO7/c1-6-25-9-10-26-15-8-7-13(12-16(15)24-5)11-14(17(21)22)20-18(23)27-19(2,3)4/h7-8,12,14H,6,9-11H2,1-5H3,(H,20,23)(H,21,22). The summed E-state index contributed by atoms with van der Waals surface area (Å²) < 4.78 is 21.2. The molecule has 0 spiro atoms. The first-order chi connectivity index (χ1) is 12.7. The molecular formula is C19H29NO7. The summed E-state index contributed by atoms with van der Waals surface area (Å²) in [7, 11) is 1.50. The van der Waals surface area contributed by atoms with Gasteiger partial charge in [-0.05, 0) is 45.4 Å². The number of methoxy groups -OCH3 is 1. The Kier molecular flexibility index (Phi) is 8.87. The molecule has 0 saturated heterocycles. The molecule has 0 aliphatic rings. The van der Waals surface area contributed by atoms with Gasteiger partial charge in [0.1, 0.15) is 18.2 Å². The fourth-order valence-electron chi connectivity index (χ4n) is 2.20. The van der Waals surface area contributed by atoms with Crippen LogP contribution in [0.2, 0.25) is 0 Å². The molecule has 1 rings (SSSR count). The van der Waals surface area contributed by atoms with E-state index in [0.29, 0.717) is 36.9 Å². The van der Waals surface area contributed by atoms with E-state index in [2.05, 4.69) is 5.32 Å². The Morgan fingerprint density at radius 3 is 2.44 bits per heavy atom. The van der Waals surface area contributed by atoms with E-state index in [0.717, 1.165) is 0 Å². The van der Waals surface area contributed by atoms with Gasteiger partial charge in [0.15, 0.2) is 11.5 Å². The van der Waals surface area contributed by atoms with E-state index in [-0.39, 0.29) is 6.42 Å². The molecule has 27 heavy (non-hydrogen) atoms. The first kappa shape index (κ1) is 22.6. The Labute approximate surface area is 159 Å². The predicted molar refractivity (Wildman–Crippen MR) is 99.5 cm³/mol. The molecule has 1 aromatic rings. The van der Waals surface area contributed by atoms with Crippen LogP contribution >= 0.6 is 0 Å². The first-order valence-electron chi connectivity index (χ1n) is 8.76. The summed E-state index contributed by atoms with van der Waals surface area (Å²) >= 11 is 0. The molecule has 0 saturated carbocycles. The lowest BCUT2D eigenvalue weighted by molar-refractivity contribution is -0.139. The quantitative estimate of drug-likeness (QED) is 0.599. The molecule has 152 valence electrons. The number of carboxylic acids is 1. The number of rotatable bonds is 10. The fourth-order valence-corrected chi connectivity index (χ4v) is 2.20. The topological polar surface area (TPSA) is 103 Å². The average Bonchev–Trinajstić information content (AvgIpc) is 2.57. The van der Waals surface area contributed by atoms with Crippen molar-refractivity contribution in [2.24, 2.45) is 0 Å². The highest BCUT2D eigenvalue weighted by Crippen LogP contribution is 2.28. The summed E-state index contributed by atoms with van der Waals surface area (Å²) in [4.78, 5) is 23.3. The second-order valence-corrected chi connectivity index (χ2v) is 6.77. The van der Waals surface area contributed by atoms with Gasteiger partial charge in [-0.15, -0.1) is 0 Å². The van der Waals surface area contributed by atoms with Crippen molar-refractivity contribution < 1.29 is 33.6 Å². The predicted octanol–water partition coefficient (Wildman–Crippen LogP) is 2.63. The van der Waals surface area contributed by atoms with Crippen LogP contribution in [0.4, 0.5) is 4.79 Å². The normalized spacial score (nSPS) is 12.2. The summed E-state index contributed by atoms with van der Waals surface area (Å²) in [5.74, 6) is -0.143. The van der Waals surface area contributed by atoms with Gasteiger partial charge in [-0.1, -0.05) is 6.07 Å². The molecule has 0 aromatic heterocycles. The summed E-state index contributed by atoms with van der Waals surface area (Å²) in [5.41, 5.74) is -0.0379. The molecule has 1 unspecified atom stereocenters. The van der Waals surface area contributed by atoms with Gasteiger partial charge >= 0.3 is 12.1 Å². The van der Waals surface area contributed by atoms with Gasteiger partial charge < -0.3 is 29.4 Å². The van der Waals surface area contributed by atoms with Crippen LogP contribution in [0, 0.1) is 0 Å². The van der Waals surface area contributed by atoms with Crippen molar-refractivity contribution in [2.45, 2.75) is 45.8 Å². The zero-order chi connectivity index (χ0) is 20.4. The van der Waals surface area contributed by atoms with Crippen molar-refractivity contribution in [3.05, 3.63) is 23.8 Å². The molecule has 8 nitrogen and oxygen atoms in total. The minimum Gasteiger partial charge on any atom is -0.493 e. The van der Waals surface area contributed by atoms with Crippen LogP contribution in [0.15, 0.2) is 18.2 Å². The minimum atomic E-state index is -1.16. The van der Waals surface area contributed by atoms with E-state index in [9.17, 15) is 14.7 Å². The molecule has 0 heterocycles. The van der Waals surface area contributed by atoms with Crippen LogP contribution in [0.25, 0.3) is 0 Å². The van der Waals surface area contributed by atoms with E-state index in [1.807, 2.05) is 6.92 Å². The maximum absolute atomic E-state index is 11.9. The molecule has 1 amide bonds. The van der Waals surface area contributed by atoms with Crippen LogP contribution in [0.1, 0.15) is 33.3 Å². The van der Waals surface area contributed by atoms with Crippen molar-refractivity contribution in [3.63, 3.8) is 0 Å². The van der Waals surface area contributed by atoms with Crippen molar-refractivity contribution in [1.29, 1.82) is 0 Å². The second-order valence-electron chi connectivity index (χ2n) is 6.77. The summed E-state index contributed by atoms with van der Waals surface area (Å²) in [5, 5.41) is 11.8. The Bertz CT molecular complexity index is 625. The number of benzene rings is 1. The number of ether oxygens (including phenoxy) is 4. The number of carbonyl (C=O) groups excluding carboxylic acids is 1. The van der Waals surface area contributed by atoms with E-state index in [1.165, 1.54) is 7.11 Å². The molecule has 0 fully saturated rings. The number of aliphatic carboxylic acids is 1. The van der Waals surface area contributed by atoms with Crippen LogP contribution in [-0.4, -0.2) is 55.7 Å². The first-order valence-corrected chi connectivity index (χ1v) is 8.76. The third-order valence-corrected chi connectivity index (χ3v) is 3.35. The molecule has 8 heteroatoms. The number of hydrogen-bond donors (Lipinski definition) is 2. The van der Waals surface area contributed by atoms with Gasteiger partial charge in [0, 0.05) is 13.0 Å². The van der Waals surface area contributed by atoms with Crippen LogP contribution in [0.5, 0.6) is 11.5 Å². The number of alkyl carbamates (subject to hydrolysis) is 1. The number of amides is 1. The highest BCUT2D eigenvalue weighted by atomic mass is 16.6. The van der Waals surface area contributed by atoms with E-state index in [1.54, 1.807) is 39.0 Å². The number of carbonyl (C=O) groups is 2. The number of carboxylic acid groups (broad SMARTS) is 1. The smallest absolute Gasteiger partial charge is 0.408 e. The highest BCUT2D eigenvalue weighted by Gasteiger charge is 2.24. The summed E-state index contributed by atoms with van der Waals surface area (Å²) in [6.45, 7) is 8.47. The maximum Gasteiger partial charge on any atom is 0.408 e. The largest absolute Gasteiger partial charge is 0.493 e. The van der Waals surface area contributed by atoms with E-state index in [4.69, 9.17) is 18.9 Å². The van der Waals surface area contributed by atoms with E-state index < -0.39 is 23.7 Å². The molecule has 0 aliphatic carbocycles. The molecule has 0 aliphatic heterocycles. The van der Waals surface area contributed by atoms with Crippen LogP contribution in [-0.2, 0) is 20.7 Å². The highest BCUT2D eigenvalue weighted by molar-refractivity contribution is 5.80. The molecule has 0 radical (unpaired) electrons. The molecule has 1 aromatic carbocycles. The zero-order valence-corrected chi connectivity index (χ0v) is 16.5. The minimum absolute atomic E-state index is 0.0736. The van der Waals surface area contributed by atoms with Crippen molar-refractivity contribution in [3.8, 4) is 11.5 Å². The number of hydrogen-bond acceptors (Lipinski definition) is 6. The number of nitrogens with one attached hydrogen (secondary N) is 1. The molecule has 0 bridgehead atoms. The Morgan fingerprint density at radius 2 is 1.89 bits per heavy atom. The Balaban J connectivity index is 2.78. The third kappa shape index (κ3) is 8.63. The lowest BCUT2D eigenvalue weighted by Crippen LogP contribution is -2.44. The summed E-state index contributed by atoms with van der Waals surface area (Å²) in [6, 6.07) is 3.98. The third-order valence-electron chi connectivity index (χ3n) is 3.35. The van der Waals surface area contributed by atoms with Crippen molar-refractivity contribution in [1.82, 2.24) is 5.32 Å². The van der Waals surface area contributed by atoms with Crippen molar-refractivity contribution >= 4 is 12.1 Å². The lowest BCUT2D eigenvalue weighted by atomic mass is 10.1. The SMILES string of the molecule is CCOCCOc1ccc(CC(NC(=O)OC(C)(C)C)C(=O)O)cc1OC. The van der Waals surface area contributed by atoms with Crippen LogP contribution in [0.3, 0.4) is 0 Å². The van der Waals surface area contributed by atoms with Gasteiger partial charge in [0.25, 0.3) is 0 Å². The molecule has 1 atom stereocenters. The van der Waals surface area contributed by atoms with Gasteiger partial charge in [0.2, 0.25) is 0 Å². The Hall–Kier alpha value is -2.48. The van der Waals surface area contributed by atoms with E-state index >= 15 is 0 Å². The second kappa shape index (κ2) is 10.6. The van der Waals surface area contributed by atoms with Gasteiger partial charge in [-0.2, -0.15) is 0 Å². The average molecular weight is 383 g/mol.